The van der Waals surface area contributed by atoms with E-state index in [2.05, 4.69) is 68.5 Å². The number of hydrogen-bond acceptors (Lipinski definition) is 3. The molecule has 40 heavy (non-hydrogen) atoms. The minimum Gasteiger partial charge on any atom is -0.355 e. The topological polar surface area (TPSA) is 78.6 Å². The molecule has 0 saturated heterocycles. The number of fused-ring (bicyclic) bond motifs is 8. The van der Waals surface area contributed by atoms with Crippen molar-refractivity contribution < 1.29 is 9.59 Å². The highest BCUT2D eigenvalue weighted by atomic mass is 16.1. The summed E-state index contributed by atoms with van der Waals surface area (Å²) in [5.74, 6) is 0.506. The second-order valence-electron chi connectivity index (χ2n) is 11.7. The molecule has 1 aliphatic heterocycles. The number of aromatic amines is 2. The molecule has 0 fully saturated rings. The van der Waals surface area contributed by atoms with Crippen molar-refractivity contribution in [2.75, 3.05) is 0 Å². The first kappa shape index (κ1) is 26.2. The average Bonchev–Trinajstić information content (AvgIpc) is 3.65. The van der Waals surface area contributed by atoms with Crippen molar-refractivity contribution in [3.05, 3.63) is 81.2 Å². The van der Waals surface area contributed by atoms with Gasteiger partial charge in [-0.1, -0.05) is 26.5 Å². The molecule has 0 radical (unpaired) electrons. The highest BCUT2D eigenvalue weighted by Gasteiger charge is 2.35. The molecule has 6 rings (SSSR count). The second kappa shape index (κ2) is 9.58. The van der Waals surface area contributed by atoms with Gasteiger partial charge in [-0.05, 0) is 98.2 Å². The Hall–Kier alpha value is -3.99. The lowest BCUT2D eigenvalue weighted by Crippen LogP contribution is -2.07. The molecule has 2 unspecified atom stereocenters. The number of nitrogens with zero attached hydrogens (tertiary/aromatic N) is 1. The van der Waals surface area contributed by atoms with Crippen molar-refractivity contribution in [2.45, 2.75) is 79.1 Å². The number of aryl methyl sites for hydroxylation is 2. The Morgan fingerprint density at radius 1 is 1.05 bits per heavy atom. The van der Waals surface area contributed by atoms with Crippen molar-refractivity contribution in [3.8, 4) is 0 Å². The standard InChI is InChI=1S/C35H37N3O2/c1-8-24-18(4)22-12-23(24)14-28-21(7)33-32(40)15-27(35(33)38-28)34-26(11-10-17(3)39)20(6)30(37-34)16-29-19(5)25(9-2)31(13-22)36-29/h9,12-14,16,20,26,36,38H,2,8,10-11,15H2,1,3-7H3. The van der Waals surface area contributed by atoms with E-state index in [-0.39, 0.29) is 23.4 Å². The summed E-state index contributed by atoms with van der Waals surface area (Å²) in [6.07, 6.45) is 4.40. The van der Waals surface area contributed by atoms with Crippen molar-refractivity contribution in [1.82, 2.24) is 15.0 Å². The molecule has 3 aliphatic rings. The van der Waals surface area contributed by atoms with Gasteiger partial charge in [0.2, 0.25) is 0 Å². The molecule has 4 heterocycles. The summed E-state index contributed by atoms with van der Waals surface area (Å²) in [6.45, 7) is 16.5. The van der Waals surface area contributed by atoms with Gasteiger partial charge in [0.1, 0.15) is 5.78 Å². The van der Waals surface area contributed by atoms with E-state index in [1.54, 1.807) is 6.92 Å². The summed E-state index contributed by atoms with van der Waals surface area (Å²) in [6, 6.07) is 8.84. The molecular weight excluding hydrogens is 494 g/mol. The summed E-state index contributed by atoms with van der Waals surface area (Å²) in [4.78, 5) is 38.0. The quantitative estimate of drug-likeness (QED) is 0.346. The van der Waals surface area contributed by atoms with E-state index in [9.17, 15) is 9.59 Å². The predicted octanol–water partition coefficient (Wildman–Crippen LogP) is 8.52. The lowest BCUT2D eigenvalue weighted by Gasteiger charge is -2.16. The van der Waals surface area contributed by atoms with Gasteiger partial charge in [0.25, 0.3) is 0 Å². The van der Waals surface area contributed by atoms with Crippen LogP contribution in [0.15, 0.2) is 30.8 Å². The Kier molecular flexibility index (Phi) is 6.29. The van der Waals surface area contributed by atoms with Gasteiger partial charge in [-0.2, -0.15) is 0 Å². The summed E-state index contributed by atoms with van der Waals surface area (Å²) >= 11 is 0. The third-order valence-corrected chi connectivity index (χ3v) is 9.36. The molecule has 0 amide bonds. The third kappa shape index (κ3) is 3.94. The fourth-order valence-corrected chi connectivity index (χ4v) is 6.99. The number of hydrogen-bond donors (Lipinski definition) is 2. The number of Topliss-reactive ketones (excluding diaryl/α,β-unsaturated/α-hetero) is 2. The second-order valence-corrected chi connectivity index (χ2v) is 11.7. The summed E-state index contributed by atoms with van der Waals surface area (Å²) in [5.41, 5.74) is 15.8. The lowest BCUT2D eigenvalue weighted by molar-refractivity contribution is -0.117. The number of aromatic nitrogens is 3. The maximum atomic E-state index is 13.4. The molecule has 8 bridgehead atoms. The Labute approximate surface area is 235 Å². The normalized spacial score (nSPS) is 18.1. The zero-order valence-corrected chi connectivity index (χ0v) is 24.3. The van der Waals surface area contributed by atoms with Crippen LogP contribution < -0.4 is 0 Å². The number of H-pyrrole nitrogens is 2. The number of carbonyl (C=O) groups is 2. The molecular formula is C35H37N3O2. The van der Waals surface area contributed by atoms with E-state index in [0.29, 0.717) is 19.3 Å². The van der Waals surface area contributed by atoms with Crippen molar-refractivity contribution in [3.63, 3.8) is 0 Å². The van der Waals surface area contributed by atoms with Gasteiger partial charge in [-0.3, -0.25) is 9.78 Å². The molecule has 5 nitrogen and oxygen atoms in total. The first-order valence-electron chi connectivity index (χ1n) is 14.4. The van der Waals surface area contributed by atoms with E-state index < -0.39 is 0 Å². The third-order valence-electron chi connectivity index (χ3n) is 9.36. The minimum absolute atomic E-state index is 0.0716. The molecule has 2 aliphatic carbocycles. The van der Waals surface area contributed by atoms with Crippen LogP contribution >= 0.6 is 0 Å². The van der Waals surface area contributed by atoms with E-state index in [0.717, 1.165) is 67.7 Å². The van der Waals surface area contributed by atoms with E-state index in [1.165, 1.54) is 22.3 Å². The lowest BCUT2D eigenvalue weighted by atomic mass is 9.85. The molecule has 204 valence electrons. The summed E-state index contributed by atoms with van der Waals surface area (Å²) < 4.78 is 0. The summed E-state index contributed by atoms with van der Waals surface area (Å²) in [5, 5.41) is 0. The average molecular weight is 532 g/mol. The highest BCUT2D eigenvalue weighted by Crippen LogP contribution is 2.44. The van der Waals surface area contributed by atoms with Gasteiger partial charge in [-0.15, -0.1) is 0 Å². The Morgan fingerprint density at radius 3 is 2.48 bits per heavy atom. The Bertz CT molecular complexity index is 1830. The molecule has 3 aromatic heterocycles. The number of carbonyl (C=O) groups excluding carboxylic acids is 2. The molecule has 2 atom stereocenters. The molecule has 2 N–H and O–H groups in total. The SMILES string of the molecule is C=Cc1c(C)c2cc3nc(c4c5[nH]c(cc6cc(cc1[nH]2)C(C)=C6CC)c(C)c5C(=O)C4)C(CCC(C)=O)C3C. The van der Waals surface area contributed by atoms with Crippen molar-refractivity contribution in [2.24, 2.45) is 0 Å². The first-order valence-corrected chi connectivity index (χ1v) is 14.4. The molecule has 0 aromatic carbocycles. The Balaban J connectivity index is 1.77. The Morgan fingerprint density at radius 2 is 1.77 bits per heavy atom. The smallest absolute Gasteiger partial charge is 0.169 e. The van der Waals surface area contributed by atoms with Crippen molar-refractivity contribution in [1.29, 1.82) is 0 Å². The minimum atomic E-state index is 0.0716. The van der Waals surface area contributed by atoms with Crippen LogP contribution in [0.25, 0.3) is 39.3 Å². The van der Waals surface area contributed by atoms with Crippen LogP contribution in [0.2, 0.25) is 0 Å². The zero-order chi connectivity index (χ0) is 28.5. The number of rotatable bonds is 5. The zero-order valence-electron chi connectivity index (χ0n) is 24.3. The van der Waals surface area contributed by atoms with Crippen LogP contribution in [-0.2, 0) is 11.2 Å². The molecule has 5 heteroatoms. The van der Waals surface area contributed by atoms with Crippen LogP contribution in [-0.4, -0.2) is 26.5 Å². The van der Waals surface area contributed by atoms with Gasteiger partial charge in [0.15, 0.2) is 5.78 Å². The van der Waals surface area contributed by atoms with Crippen molar-refractivity contribution >= 4 is 50.9 Å². The highest BCUT2D eigenvalue weighted by molar-refractivity contribution is 6.13. The predicted molar refractivity (Wildman–Crippen MR) is 165 cm³/mol. The van der Waals surface area contributed by atoms with Crippen LogP contribution in [0.1, 0.15) is 114 Å². The maximum absolute atomic E-state index is 13.4. The molecule has 3 aromatic rings. The first-order chi connectivity index (χ1) is 19.1. The van der Waals surface area contributed by atoms with E-state index >= 15 is 0 Å². The fourth-order valence-electron chi connectivity index (χ4n) is 6.99. The van der Waals surface area contributed by atoms with Gasteiger partial charge >= 0.3 is 0 Å². The van der Waals surface area contributed by atoms with Gasteiger partial charge in [0.05, 0.1) is 11.2 Å². The van der Waals surface area contributed by atoms with Crippen LogP contribution in [0, 0.1) is 13.8 Å². The number of allylic oxidation sites excluding steroid dienone is 2. The fraction of sp³-hybridized carbons (Fsp3) is 0.343. The monoisotopic (exact) mass is 531 g/mol. The van der Waals surface area contributed by atoms with Crippen LogP contribution in [0.3, 0.4) is 0 Å². The van der Waals surface area contributed by atoms with E-state index in [4.69, 9.17) is 4.98 Å². The largest absolute Gasteiger partial charge is 0.355 e. The number of ketones is 2. The molecule has 0 spiro atoms. The number of nitrogens with one attached hydrogen (secondary N) is 2. The van der Waals surface area contributed by atoms with Gasteiger partial charge in [0, 0.05) is 63.6 Å². The van der Waals surface area contributed by atoms with Crippen LogP contribution in [0.5, 0.6) is 0 Å². The maximum Gasteiger partial charge on any atom is 0.169 e. The van der Waals surface area contributed by atoms with Gasteiger partial charge in [-0.25, -0.2) is 0 Å². The van der Waals surface area contributed by atoms with E-state index in [1.807, 2.05) is 13.0 Å². The summed E-state index contributed by atoms with van der Waals surface area (Å²) in [7, 11) is 0. The van der Waals surface area contributed by atoms with Gasteiger partial charge < -0.3 is 14.8 Å². The van der Waals surface area contributed by atoms with Crippen LogP contribution in [0.4, 0.5) is 0 Å². The molecule has 0 saturated carbocycles.